The second-order valence-corrected chi connectivity index (χ2v) is 6.02. The third-order valence-corrected chi connectivity index (χ3v) is 4.05. The molecule has 1 N–H and O–H groups in total. The van der Waals surface area contributed by atoms with Gasteiger partial charge in [0.05, 0.1) is 13.3 Å². The molecule has 7 nitrogen and oxygen atoms in total. The SMILES string of the molecule is COc1cccc(C=Nn2c(=S)[nH]nc(C)c2=O)c1OCc1ccccc1. The van der Waals surface area contributed by atoms with E-state index in [2.05, 4.69) is 15.3 Å². The van der Waals surface area contributed by atoms with Crippen molar-refractivity contribution in [2.24, 2.45) is 5.10 Å². The number of methoxy groups -OCH3 is 1. The fraction of sp³-hybridized carbons (Fsp3) is 0.158. The molecule has 3 rings (SSSR count). The van der Waals surface area contributed by atoms with E-state index in [1.54, 1.807) is 20.1 Å². The number of aryl methyl sites for hydroxylation is 1. The highest BCUT2D eigenvalue weighted by Crippen LogP contribution is 2.30. The molecule has 27 heavy (non-hydrogen) atoms. The molecule has 1 heterocycles. The molecule has 2 aromatic carbocycles. The number of hydrogen-bond donors (Lipinski definition) is 1. The molecule has 0 aliphatic carbocycles. The smallest absolute Gasteiger partial charge is 0.296 e. The van der Waals surface area contributed by atoms with E-state index in [0.717, 1.165) is 10.2 Å². The van der Waals surface area contributed by atoms with Crippen LogP contribution in [0.1, 0.15) is 16.8 Å². The van der Waals surface area contributed by atoms with Crippen LogP contribution in [0, 0.1) is 11.7 Å². The van der Waals surface area contributed by atoms with Crippen LogP contribution in [-0.2, 0) is 6.61 Å². The molecule has 8 heteroatoms. The summed E-state index contributed by atoms with van der Waals surface area (Å²) >= 11 is 5.09. The zero-order chi connectivity index (χ0) is 19.2. The number of ether oxygens (including phenoxy) is 2. The maximum atomic E-state index is 12.2. The Labute approximate surface area is 160 Å². The number of aromatic amines is 1. The van der Waals surface area contributed by atoms with Crippen molar-refractivity contribution in [2.75, 3.05) is 7.11 Å². The molecule has 0 unspecified atom stereocenters. The zero-order valence-electron chi connectivity index (χ0n) is 14.9. The number of hydrogen-bond acceptors (Lipinski definition) is 6. The first-order chi connectivity index (χ1) is 13.1. The Balaban J connectivity index is 1.95. The fourth-order valence-corrected chi connectivity index (χ4v) is 2.55. The number of H-pyrrole nitrogens is 1. The third kappa shape index (κ3) is 4.29. The average Bonchev–Trinajstić information content (AvgIpc) is 2.70. The lowest BCUT2D eigenvalue weighted by Crippen LogP contribution is -2.22. The van der Waals surface area contributed by atoms with Gasteiger partial charge in [-0.05, 0) is 36.8 Å². The van der Waals surface area contributed by atoms with Crippen LogP contribution in [0.5, 0.6) is 11.5 Å². The van der Waals surface area contributed by atoms with E-state index in [4.69, 9.17) is 21.7 Å². The summed E-state index contributed by atoms with van der Waals surface area (Å²) in [4.78, 5) is 12.2. The van der Waals surface area contributed by atoms with Crippen LogP contribution in [0.25, 0.3) is 0 Å². The van der Waals surface area contributed by atoms with Crippen molar-refractivity contribution in [3.05, 3.63) is 80.5 Å². The average molecular weight is 382 g/mol. The summed E-state index contributed by atoms with van der Waals surface area (Å²) < 4.78 is 12.6. The quantitative estimate of drug-likeness (QED) is 0.523. The Morgan fingerprint density at radius 2 is 2.00 bits per heavy atom. The van der Waals surface area contributed by atoms with Crippen molar-refractivity contribution in [3.63, 3.8) is 0 Å². The van der Waals surface area contributed by atoms with Gasteiger partial charge in [-0.3, -0.25) is 9.89 Å². The molecule has 0 amide bonds. The van der Waals surface area contributed by atoms with Gasteiger partial charge < -0.3 is 9.47 Å². The maximum absolute atomic E-state index is 12.2. The van der Waals surface area contributed by atoms with Crippen LogP contribution in [0.2, 0.25) is 0 Å². The van der Waals surface area contributed by atoms with Crippen LogP contribution < -0.4 is 15.0 Å². The van der Waals surface area contributed by atoms with Gasteiger partial charge in [-0.25, -0.2) is 0 Å². The Morgan fingerprint density at radius 1 is 1.22 bits per heavy atom. The Bertz CT molecular complexity index is 1070. The summed E-state index contributed by atoms with van der Waals surface area (Å²) in [7, 11) is 1.57. The molecule has 0 aliphatic heterocycles. The summed E-state index contributed by atoms with van der Waals surface area (Å²) in [6.07, 6.45) is 1.51. The molecular formula is C19H18N4O3S. The molecular weight excluding hydrogens is 364 g/mol. The molecule has 0 atom stereocenters. The summed E-state index contributed by atoms with van der Waals surface area (Å²) in [5, 5.41) is 10.6. The minimum absolute atomic E-state index is 0.108. The Morgan fingerprint density at radius 3 is 2.74 bits per heavy atom. The standard InChI is InChI=1S/C19H18N4O3S/c1-13-18(24)23(19(27)22-21-13)20-11-15-9-6-10-16(25-2)17(15)26-12-14-7-4-3-5-8-14/h3-11H,12H2,1-2H3,(H,22,27). The summed E-state index contributed by atoms with van der Waals surface area (Å²) in [5.41, 5.74) is 1.56. The lowest BCUT2D eigenvalue weighted by Gasteiger charge is -2.13. The molecule has 1 aromatic heterocycles. The number of aromatic nitrogens is 3. The summed E-state index contributed by atoms with van der Waals surface area (Å²) in [6.45, 7) is 1.95. The number of nitrogens with zero attached hydrogens (tertiary/aromatic N) is 3. The lowest BCUT2D eigenvalue weighted by molar-refractivity contribution is 0.284. The normalized spacial score (nSPS) is 10.9. The van der Waals surface area contributed by atoms with Crippen molar-refractivity contribution in [3.8, 4) is 11.5 Å². The molecule has 0 aliphatic rings. The molecule has 0 saturated carbocycles. The maximum Gasteiger partial charge on any atom is 0.296 e. The Kier molecular flexibility index (Phi) is 5.77. The lowest BCUT2D eigenvalue weighted by atomic mass is 10.2. The van der Waals surface area contributed by atoms with Crippen molar-refractivity contribution < 1.29 is 9.47 Å². The van der Waals surface area contributed by atoms with E-state index in [9.17, 15) is 4.79 Å². The van der Waals surface area contributed by atoms with Gasteiger partial charge in [0.2, 0.25) is 4.77 Å². The first-order valence-electron chi connectivity index (χ1n) is 8.16. The monoisotopic (exact) mass is 382 g/mol. The van der Waals surface area contributed by atoms with E-state index < -0.39 is 0 Å². The van der Waals surface area contributed by atoms with E-state index in [1.807, 2.05) is 42.5 Å². The van der Waals surface area contributed by atoms with Crippen molar-refractivity contribution in [1.29, 1.82) is 0 Å². The van der Waals surface area contributed by atoms with E-state index in [-0.39, 0.29) is 16.0 Å². The first kappa shape index (κ1) is 18.5. The summed E-state index contributed by atoms with van der Waals surface area (Å²) in [5.74, 6) is 1.10. The van der Waals surface area contributed by atoms with Crippen molar-refractivity contribution in [1.82, 2.24) is 14.9 Å². The van der Waals surface area contributed by atoms with Gasteiger partial charge in [0.15, 0.2) is 11.5 Å². The van der Waals surface area contributed by atoms with E-state index in [1.165, 1.54) is 6.21 Å². The second-order valence-electron chi connectivity index (χ2n) is 5.63. The summed E-state index contributed by atoms with van der Waals surface area (Å²) in [6, 6.07) is 15.2. The molecule has 0 bridgehead atoms. The van der Waals surface area contributed by atoms with Crippen molar-refractivity contribution in [2.45, 2.75) is 13.5 Å². The fourth-order valence-electron chi connectivity index (χ4n) is 2.38. The molecule has 0 fully saturated rings. The number of rotatable bonds is 6. The molecule has 0 radical (unpaired) electrons. The zero-order valence-corrected chi connectivity index (χ0v) is 15.7. The van der Waals surface area contributed by atoms with Crippen LogP contribution in [0.3, 0.4) is 0 Å². The number of benzene rings is 2. The molecule has 138 valence electrons. The predicted octanol–water partition coefficient (Wildman–Crippen LogP) is 3.08. The number of para-hydroxylation sites is 1. The van der Waals surface area contributed by atoms with Gasteiger partial charge in [-0.15, -0.1) is 0 Å². The highest BCUT2D eigenvalue weighted by molar-refractivity contribution is 7.71. The highest BCUT2D eigenvalue weighted by atomic mass is 32.1. The van der Waals surface area contributed by atoms with Gasteiger partial charge in [0, 0.05) is 5.56 Å². The van der Waals surface area contributed by atoms with Gasteiger partial charge in [0.25, 0.3) is 5.56 Å². The van der Waals surface area contributed by atoms with E-state index >= 15 is 0 Å². The topological polar surface area (TPSA) is 81.5 Å². The molecule has 0 spiro atoms. The first-order valence-corrected chi connectivity index (χ1v) is 8.57. The van der Waals surface area contributed by atoms with E-state index in [0.29, 0.717) is 23.7 Å². The van der Waals surface area contributed by atoms with Crippen LogP contribution in [0.15, 0.2) is 58.4 Å². The number of nitrogens with one attached hydrogen (secondary N) is 1. The highest BCUT2D eigenvalue weighted by Gasteiger charge is 2.10. The van der Waals surface area contributed by atoms with Gasteiger partial charge >= 0.3 is 0 Å². The van der Waals surface area contributed by atoms with Gasteiger partial charge in [0.1, 0.15) is 12.3 Å². The van der Waals surface area contributed by atoms with Gasteiger partial charge in [-0.1, -0.05) is 36.4 Å². The second kappa shape index (κ2) is 8.41. The van der Waals surface area contributed by atoms with Crippen LogP contribution >= 0.6 is 12.2 Å². The van der Waals surface area contributed by atoms with Crippen LogP contribution in [-0.4, -0.2) is 28.2 Å². The Hall–Kier alpha value is -3.26. The largest absolute Gasteiger partial charge is 0.493 e. The minimum atomic E-state index is -0.385. The van der Waals surface area contributed by atoms with Gasteiger partial charge in [-0.2, -0.15) is 14.9 Å². The third-order valence-electron chi connectivity index (χ3n) is 3.78. The molecule has 0 saturated heterocycles. The minimum Gasteiger partial charge on any atom is -0.493 e. The van der Waals surface area contributed by atoms with Crippen molar-refractivity contribution >= 4 is 18.4 Å². The predicted molar refractivity (Wildman–Crippen MR) is 105 cm³/mol. The van der Waals surface area contributed by atoms with Crippen LogP contribution in [0.4, 0.5) is 0 Å². The molecule has 3 aromatic rings.